The zero-order valence-corrected chi connectivity index (χ0v) is 21.4. The zero-order valence-electron chi connectivity index (χ0n) is 21.4. The van der Waals surface area contributed by atoms with Gasteiger partial charge in [-0.15, -0.1) is 0 Å². The highest BCUT2D eigenvalue weighted by molar-refractivity contribution is 6.04. The summed E-state index contributed by atoms with van der Waals surface area (Å²) in [6, 6.07) is 10.5. The quantitative estimate of drug-likeness (QED) is 0.226. The number of benzene rings is 2. The summed E-state index contributed by atoms with van der Waals surface area (Å²) in [6.45, 7) is 1.63. The molecule has 0 bridgehead atoms. The second-order valence-electron chi connectivity index (χ2n) is 9.12. The van der Waals surface area contributed by atoms with E-state index in [-0.39, 0.29) is 41.0 Å². The number of anilines is 2. The van der Waals surface area contributed by atoms with Gasteiger partial charge in [0, 0.05) is 55.1 Å². The molecule has 0 aliphatic carbocycles. The van der Waals surface area contributed by atoms with Crippen LogP contribution in [0.3, 0.4) is 0 Å². The molecule has 10 nitrogen and oxygen atoms in total. The number of hydrogen-bond donors (Lipinski definition) is 4. The number of nitrogens with one attached hydrogen (secondary N) is 3. The van der Waals surface area contributed by atoms with Gasteiger partial charge in [0.05, 0.1) is 6.61 Å². The van der Waals surface area contributed by atoms with Crippen molar-refractivity contribution in [1.82, 2.24) is 19.7 Å². The molecule has 2 aromatic carbocycles. The highest BCUT2D eigenvalue weighted by Crippen LogP contribution is 2.34. The number of carbonyl (C=O) groups excluding carboxylic acids is 1. The largest absolute Gasteiger partial charge is 0.453 e. The van der Waals surface area contributed by atoms with E-state index in [0.29, 0.717) is 22.4 Å². The number of aromatic nitrogens is 4. The Hall–Kier alpha value is -5.10. The number of aromatic amines is 1. The van der Waals surface area contributed by atoms with Gasteiger partial charge < -0.3 is 25.0 Å². The number of amides is 1. The van der Waals surface area contributed by atoms with Crippen LogP contribution >= 0.6 is 0 Å². The number of aliphatic hydroxyl groups is 1. The van der Waals surface area contributed by atoms with Gasteiger partial charge in [0.25, 0.3) is 5.91 Å². The summed E-state index contributed by atoms with van der Waals surface area (Å²) < 4.78 is 35.8. The minimum atomic E-state index is -0.766. The van der Waals surface area contributed by atoms with Crippen LogP contribution in [0.25, 0.3) is 22.2 Å². The number of H-pyrrole nitrogens is 1. The summed E-state index contributed by atoms with van der Waals surface area (Å²) in [7, 11) is 1.65. The second kappa shape index (κ2) is 10.9. The molecule has 0 spiro atoms. The Balaban J connectivity index is 1.38. The number of carbonyl (C=O) groups is 1. The molecule has 0 radical (unpaired) electrons. The third-order valence-electron chi connectivity index (χ3n) is 6.04. The van der Waals surface area contributed by atoms with Crippen LogP contribution in [0.4, 0.5) is 20.3 Å². The molecular formula is C28H24F2N6O4. The van der Waals surface area contributed by atoms with Crippen molar-refractivity contribution in [3.05, 3.63) is 94.5 Å². The van der Waals surface area contributed by atoms with Crippen LogP contribution < -0.4 is 20.8 Å². The Morgan fingerprint density at radius 3 is 2.62 bits per heavy atom. The van der Waals surface area contributed by atoms with Crippen LogP contribution in [0, 0.1) is 11.6 Å². The maximum absolute atomic E-state index is 15.1. The average molecular weight is 547 g/mol. The van der Waals surface area contributed by atoms with Crippen LogP contribution in [0.2, 0.25) is 0 Å². The molecule has 40 heavy (non-hydrogen) atoms. The first kappa shape index (κ1) is 26.5. The molecule has 5 aromatic rings. The lowest BCUT2D eigenvalue weighted by Gasteiger charge is -2.13. The van der Waals surface area contributed by atoms with E-state index < -0.39 is 23.0 Å². The number of pyridine rings is 2. The molecule has 3 aromatic heterocycles. The van der Waals surface area contributed by atoms with E-state index in [2.05, 4.69) is 25.8 Å². The molecule has 0 saturated heterocycles. The first-order chi connectivity index (χ1) is 19.2. The molecule has 0 aliphatic rings. The number of nitrogens with zero attached hydrogens (tertiary/aromatic N) is 3. The fraction of sp³-hybridized carbons (Fsp3) is 0.143. The molecule has 12 heteroatoms. The van der Waals surface area contributed by atoms with Gasteiger partial charge in [0.1, 0.15) is 22.5 Å². The first-order valence-electron chi connectivity index (χ1n) is 12.2. The van der Waals surface area contributed by atoms with Crippen molar-refractivity contribution in [2.45, 2.75) is 13.0 Å². The molecular weight excluding hydrogens is 522 g/mol. The summed E-state index contributed by atoms with van der Waals surface area (Å²) in [4.78, 5) is 30.3. The Morgan fingerprint density at radius 1 is 1.12 bits per heavy atom. The van der Waals surface area contributed by atoms with Crippen molar-refractivity contribution >= 4 is 28.4 Å². The Kier molecular flexibility index (Phi) is 7.25. The number of aryl methyl sites for hydroxylation is 1. The van der Waals surface area contributed by atoms with Gasteiger partial charge in [-0.1, -0.05) is 12.1 Å². The van der Waals surface area contributed by atoms with E-state index in [0.717, 1.165) is 6.07 Å². The highest BCUT2D eigenvalue weighted by atomic mass is 19.1. The Bertz CT molecular complexity index is 1770. The van der Waals surface area contributed by atoms with Crippen LogP contribution in [-0.4, -0.2) is 43.4 Å². The highest BCUT2D eigenvalue weighted by Gasteiger charge is 2.19. The van der Waals surface area contributed by atoms with Crippen molar-refractivity contribution in [3.8, 4) is 22.6 Å². The second-order valence-corrected chi connectivity index (χ2v) is 9.12. The third kappa shape index (κ3) is 5.38. The lowest BCUT2D eigenvalue weighted by Crippen LogP contribution is -2.24. The molecule has 0 saturated carbocycles. The molecule has 1 amide bonds. The number of halogens is 2. The maximum atomic E-state index is 15.1. The summed E-state index contributed by atoms with van der Waals surface area (Å²) in [5.41, 5.74) is 0.461. The molecule has 0 fully saturated rings. The fourth-order valence-electron chi connectivity index (χ4n) is 4.07. The van der Waals surface area contributed by atoms with E-state index in [1.807, 2.05) is 0 Å². The van der Waals surface area contributed by atoms with Gasteiger partial charge in [-0.05, 0) is 36.8 Å². The third-order valence-corrected chi connectivity index (χ3v) is 6.04. The minimum absolute atomic E-state index is 0.103. The number of rotatable bonds is 8. The van der Waals surface area contributed by atoms with Crippen molar-refractivity contribution in [1.29, 1.82) is 0 Å². The normalized spacial score (nSPS) is 11.8. The van der Waals surface area contributed by atoms with Crippen molar-refractivity contribution in [2.75, 3.05) is 17.2 Å². The molecule has 5 rings (SSSR count). The predicted octanol–water partition coefficient (Wildman–Crippen LogP) is 4.44. The van der Waals surface area contributed by atoms with E-state index in [1.54, 1.807) is 30.8 Å². The predicted molar refractivity (Wildman–Crippen MR) is 146 cm³/mol. The number of aliphatic hydroxyl groups excluding tert-OH is 1. The molecule has 0 aliphatic heterocycles. The van der Waals surface area contributed by atoms with Crippen LogP contribution in [0.5, 0.6) is 11.5 Å². The number of hydrogen-bond acceptors (Lipinski definition) is 7. The van der Waals surface area contributed by atoms with Crippen molar-refractivity contribution in [3.63, 3.8) is 0 Å². The van der Waals surface area contributed by atoms with Gasteiger partial charge in [0.2, 0.25) is 5.43 Å². The van der Waals surface area contributed by atoms with E-state index in [4.69, 9.17) is 4.74 Å². The minimum Gasteiger partial charge on any atom is -0.453 e. The topological polar surface area (TPSA) is 134 Å². The van der Waals surface area contributed by atoms with Crippen molar-refractivity contribution < 1.29 is 23.4 Å². The first-order valence-corrected chi connectivity index (χ1v) is 12.2. The van der Waals surface area contributed by atoms with Crippen LogP contribution in [-0.2, 0) is 7.05 Å². The molecule has 204 valence electrons. The standard InChI is InChI=1S/C28H24F2N6O4/c1-15(14-37)32-27-24-23(9-10-31-26(24)34-35-27)40-22-8-7-18(11-21(22)30)33-28(39)20-13-36(2)12-19(25(20)38)16-3-5-17(29)6-4-16/h3-13,15,37H,14H2,1-2H3,(H,33,39)(H2,31,32,34,35)/t15-/m1/s1. The van der Waals surface area contributed by atoms with Crippen LogP contribution in [0.15, 0.2) is 71.9 Å². The summed E-state index contributed by atoms with van der Waals surface area (Å²) >= 11 is 0. The smallest absolute Gasteiger partial charge is 0.261 e. The average Bonchev–Trinajstić information content (AvgIpc) is 3.35. The van der Waals surface area contributed by atoms with Crippen molar-refractivity contribution in [2.24, 2.45) is 7.05 Å². The fourth-order valence-corrected chi connectivity index (χ4v) is 4.07. The Morgan fingerprint density at radius 2 is 1.90 bits per heavy atom. The van der Waals surface area contributed by atoms with Gasteiger partial charge in [-0.25, -0.2) is 13.8 Å². The summed E-state index contributed by atoms with van der Waals surface area (Å²) in [5, 5.41) is 22.3. The number of fused-ring (bicyclic) bond motifs is 1. The zero-order chi connectivity index (χ0) is 28.4. The maximum Gasteiger partial charge on any atom is 0.261 e. The van der Waals surface area contributed by atoms with E-state index >= 15 is 4.39 Å². The van der Waals surface area contributed by atoms with E-state index in [9.17, 15) is 19.1 Å². The molecule has 1 atom stereocenters. The lowest BCUT2D eigenvalue weighted by atomic mass is 10.0. The van der Waals surface area contributed by atoms with Gasteiger partial charge >= 0.3 is 0 Å². The monoisotopic (exact) mass is 546 g/mol. The van der Waals surface area contributed by atoms with Gasteiger partial charge in [-0.3, -0.25) is 14.7 Å². The van der Waals surface area contributed by atoms with Crippen LogP contribution in [0.1, 0.15) is 17.3 Å². The molecule has 0 unspecified atom stereocenters. The van der Waals surface area contributed by atoms with E-state index in [1.165, 1.54) is 48.8 Å². The molecule has 4 N–H and O–H groups in total. The Labute approximate surface area is 226 Å². The van der Waals surface area contributed by atoms with Gasteiger partial charge in [-0.2, -0.15) is 5.10 Å². The summed E-state index contributed by atoms with van der Waals surface area (Å²) in [6.07, 6.45) is 4.38. The number of ether oxygens (including phenoxy) is 1. The van der Waals surface area contributed by atoms with Gasteiger partial charge in [0.15, 0.2) is 23.0 Å². The summed E-state index contributed by atoms with van der Waals surface area (Å²) in [5.74, 6) is -1.42. The molecule has 3 heterocycles. The lowest BCUT2D eigenvalue weighted by molar-refractivity contribution is 0.102. The SMILES string of the molecule is C[C@H](CO)Nc1n[nH]c2nccc(Oc3ccc(NC(=O)c4cn(C)cc(-c5ccc(F)cc5)c4=O)cc3F)c12.